The number of amides is 1. The monoisotopic (exact) mass is 267 g/mol. The summed E-state index contributed by atoms with van der Waals surface area (Å²) in [7, 11) is 1.37. The van der Waals surface area contributed by atoms with Gasteiger partial charge in [0.15, 0.2) is 11.6 Å². The number of carbonyl (C=O) groups excluding carboxylic acids is 1. The van der Waals surface area contributed by atoms with Crippen molar-refractivity contribution in [3.63, 3.8) is 0 Å². The van der Waals surface area contributed by atoms with Crippen LogP contribution in [0.15, 0.2) is 18.2 Å². The van der Waals surface area contributed by atoms with Gasteiger partial charge in [-0.1, -0.05) is 0 Å². The van der Waals surface area contributed by atoms with Gasteiger partial charge in [0.05, 0.1) is 19.8 Å². The van der Waals surface area contributed by atoms with E-state index >= 15 is 0 Å². The summed E-state index contributed by atoms with van der Waals surface area (Å²) in [6.07, 6.45) is 2.75. The van der Waals surface area contributed by atoms with E-state index < -0.39 is 5.82 Å². The Morgan fingerprint density at radius 3 is 3.00 bits per heavy atom. The number of benzene rings is 1. The number of likely N-dealkylation sites (tertiary alicyclic amines) is 1. The van der Waals surface area contributed by atoms with Crippen LogP contribution in [-0.2, 0) is 0 Å². The molecule has 1 amide bonds. The fraction of sp³-hybridized carbons (Fsp3) is 0.500. The molecule has 5 heteroatoms. The zero-order valence-corrected chi connectivity index (χ0v) is 10.9. The minimum Gasteiger partial charge on any atom is -0.494 e. The Kier molecular flexibility index (Phi) is 4.37. The number of hydrogen-bond donors (Lipinski definition) is 1. The lowest BCUT2D eigenvalue weighted by Gasteiger charge is -2.34. The topological polar surface area (TPSA) is 49.8 Å². The molecule has 0 bridgehead atoms. The Hall–Kier alpha value is -1.62. The summed E-state index contributed by atoms with van der Waals surface area (Å²) in [6.45, 7) is 0.591. The van der Waals surface area contributed by atoms with E-state index in [4.69, 9.17) is 4.74 Å². The summed E-state index contributed by atoms with van der Waals surface area (Å²) in [6, 6.07) is 3.94. The minimum absolute atomic E-state index is 0.0376. The molecule has 19 heavy (non-hydrogen) atoms. The van der Waals surface area contributed by atoms with Crippen molar-refractivity contribution in [1.82, 2.24) is 4.90 Å². The molecule has 1 unspecified atom stereocenters. The van der Waals surface area contributed by atoms with Crippen LogP contribution in [0, 0.1) is 5.82 Å². The lowest BCUT2D eigenvalue weighted by molar-refractivity contribution is 0.0502. The molecule has 1 aliphatic rings. The smallest absolute Gasteiger partial charge is 0.254 e. The number of hydrogen-bond acceptors (Lipinski definition) is 3. The van der Waals surface area contributed by atoms with Crippen molar-refractivity contribution in [3.05, 3.63) is 29.6 Å². The number of ether oxygens (including phenoxy) is 1. The second-order valence-electron chi connectivity index (χ2n) is 4.68. The summed E-state index contributed by atoms with van der Waals surface area (Å²) in [4.78, 5) is 14.0. The molecular formula is C14H18FNO3. The summed E-state index contributed by atoms with van der Waals surface area (Å²) in [5.41, 5.74) is 0.388. The van der Waals surface area contributed by atoms with Gasteiger partial charge >= 0.3 is 0 Å². The van der Waals surface area contributed by atoms with Crippen LogP contribution in [0.1, 0.15) is 29.6 Å². The highest BCUT2D eigenvalue weighted by atomic mass is 19.1. The van der Waals surface area contributed by atoms with Crippen LogP contribution in [-0.4, -0.2) is 42.2 Å². The van der Waals surface area contributed by atoms with E-state index in [1.807, 2.05) is 0 Å². The molecule has 1 aromatic carbocycles. The van der Waals surface area contributed by atoms with Gasteiger partial charge in [-0.2, -0.15) is 0 Å². The molecule has 1 aromatic rings. The van der Waals surface area contributed by atoms with Crippen LogP contribution in [0.3, 0.4) is 0 Å². The predicted octanol–water partition coefficient (Wildman–Crippen LogP) is 1.82. The molecule has 0 saturated carbocycles. The molecule has 2 rings (SSSR count). The van der Waals surface area contributed by atoms with Gasteiger partial charge in [-0.25, -0.2) is 4.39 Å². The van der Waals surface area contributed by atoms with Gasteiger partial charge in [-0.05, 0) is 37.5 Å². The molecule has 1 N–H and O–H groups in total. The van der Waals surface area contributed by atoms with Crippen LogP contribution >= 0.6 is 0 Å². The third-order valence-electron chi connectivity index (χ3n) is 3.50. The molecule has 4 nitrogen and oxygen atoms in total. The summed E-state index contributed by atoms with van der Waals surface area (Å²) < 4.78 is 18.2. The number of aliphatic hydroxyl groups is 1. The molecule has 1 saturated heterocycles. The van der Waals surface area contributed by atoms with Crippen molar-refractivity contribution in [2.45, 2.75) is 25.3 Å². The number of halogens is 1. The molecule has 1 aliphatic heterocycles. The second-order valence-corrected chi connectivity index (χ2v) is 4.68. The van der Waals surface area contributed by atoms with Gasteiger partial charge in [0.25, 0.3) is 5.91 Å². The molecule has 0 radical (unpaired) electrons. The van der Waals surface area contributed by atoms with E-state index in [2.05, 4.69) is 0 Å². The van der Waals surface area contributed by atoms with E-state index in [0.717, 1.165) is 19.3 Å². The minimum atomic E-state index is -0.489. The second kappa shape index (κ2) is 6.02. The standard InChI is InChI=1S/C14H18FNO3/c1-19-13-8-10(5-6-12(13)15)14(18)16-7-3-2-4-11(16)9-17/h5-6,8,11,17H,2-4,7,9H2,1H3. The molecule has 104 valence electrons. The van der Waals surface area contributed by atoms with Crippen molar-refractivity contribution in [3.8, 4) is 5.75 Å². The third kappa shape index (κ3) is 2.87. The van der Waals surface area contributed by atoms with Crippen LogP contribution in [0.5, 0.6) is 5.75 Å². The first kappa shape index (κ1) is 13.8. The zero-order chi connectivity index (χ0) is 13.8. The zero-order valence-electron chi connectivity index (χ0n) is 10.9. The Bertz CT molecular complexity index is 464. The Labute approximate surface area is 111 Å². The highest BCUT2D eigenvalue weighted by molar-refractivity contribution is 5.95. The van der Waals surface area contributed by atoms with E-state index in [-0.39, 0.29) is 24.3 Å². The number of aliphatic hydroxyl groups excluding tert-OH is 1. The highest BCUT2D eigenvalue weighted by Gasteiger charge is 2.27. The quantitative estimate of drug-likeness (QED) is 0.908. The third-order valence-corrected chi connectivity index (χ3v) is 3.50. The van der Waals surface area contributed by atoms with Crippen LogP contribution in [0.25, 0.3) is 0 Å². The van der Waals surface area contributed by atoms with Gasteiger partial charge in [0, 0.05) is 12.1 Å². The Morgan fingerprint density at radius 1 is 1.53 bits per heavy atom. The fourth-order valence-electron chi connectivity index (χ4n) is 2.42. The molecule has 1 atom stereocenters. The van der Waals surface area contributed by atoms with Crippen molar-refractivity contribution in [2.75, 3.05) is 20.3 Å². The van der Waals surface area contributed by atoms with E-state index in [1.165, 1.54) is 25.3 Å². The maximum absolute atomic E-state index is 13.3. The summed E-state index contributed by atoms with van der Waals surface area (Å²) in [5, 5.41) is 9.32. The van der Waals surface area contributed by atoms with Crippen molar-refractivity contribution in [1.29, 1.82) is 0 Å². The van der Waals surface area contributed by atoms with Crippen LogP contribution in [0.4, 0.5) is 4.39 Å². The predicted molar refractivity (Wildman–Crippen MR) is 68.7 cm³/mol. The Balaban J connectivity index is 2.22. The maximum atomic E-state index is 13.3. The molecule has 1 fully saturated rings. The van der Waals surface area contributed by atoms with Gasteiger partial charge in [-0.3, -0.25) is 4.79 Å². The molecule has 0 aromatic heterocycles. The number of methoxy groups -OCH3 is 1. The first-order chi connectivity index (χ1) is 9.17. The average Bonchev–Trinajstić information content (AvgIpc) is 2.47. The van der Waals surface area contributed by atoms with Gasteiger partial charge < -0.3 is 14.7 Å². The highest BCUT2D eigenvalue weighted by Crippen LogP contribution is 2.23. The first-order valence-electron chi connectivity index (χ1n) is 6.42. The van der Waals surface area contributed by atoms with Gasteiger partial charge in [0.1, 0.15) is 0 Å². The lowest BCUT2D eigenvalue weighted by Crippen LogP contribution is -2.45. The Morgan fingerprint density at radius 2 is 2.32 bits per heavy atom. The largest absolute Gasteiger partial charge is 0.494 e. The van der Waals surface area contributed by atoms with E-state index in [1.54, 1.807) is 4.90 Å². The summed E-state index contributed by atoms with van der Waals surface area (Å²) >= 11 is 0. The van der Waals surface area contributed by atoms with Crippen molar-refractivity contribution >= 4 is 5.91 Å². The van der Waals surface area contributed by atoms with Crippen molar-refractivity contribution in [2.24, 2.45) is 0 Å². The van der Waals surface area contributed by atoms with Gasteiger partial charge in [-0.15, -0.1) is 0 Å². The number of carbonyl (C=O) groups is 1. The lowest BCUT2D eigenvalue weighted by atomic mass is 10.0. The van der Waals surface area contributed by atoms with Gasteiger partial charge in [0.2, 0.25) is 0 Å². The van der Waals surface area contributed by atoms with Crippen molar-refractivity contribution < 1.29 is 19.0 Å². The average molecular weight is 267 g/mol. The number of piperidine rings is 1. The van der Waals surface area contributed by atoms with Crippen LogP contribution < -0.4 is 4.74 Å². The first-order valence-corrected chi connectivity index (χ1v) is 6.42. The summed E-state index contributed by atoms with van der Waals surface area (Å²) in [5.74, 6) is -0.614. The number of rotatable bonds is 3. The fourth-order valence-corrected chi connectivity index (χ4v) is 2.42. The normalized spacial score (nSPS) is 19.3. The molecular weight excluding hydrogens is 249 g/mol. The SMILES string of the molecule is COc1cc(C(=O)N2CCCCC2CO)ccc1F. The maximum Gasteiger partial charge on any atom is 0.254 e. The van der Waals surface area contributed by atoms with Crippen LogP contribution in [0.2, 0.25) is 0 Å². The molecule has 0 spiro atoms. The van der Waals surface area contributed by atoms with E-state index in [9.17, 15) is 14.3 Å². The number of nitrogens with zero attached hydrogens (tertiary/aromatic N) is 1. The molecule has 1 heterocycles. The molecule has 0 aliphatic carbocycles. The van der Waals surface area contributed by atoms with E-state index in [0.29, 0.717) is 12.1 Å².